The van der Waals surface area contributed by atoms with Crippen LogP contribution in [-0.2, 0) is 14.8 Å². The van der Waals surface area contributed by atoms with Crippen LogP contribution in [0.3, 0.4) is 0 Å². The highest BCUT2D eigenvalue weighted by Gasteiger charge is 2.25. The van der Waals surface area contributed by atoms with Crippen molar-refractivity contribution >= 4 is 60.6 Å². The first-order valence-corrected chi connectivity index (χ1v) is 10.5. The second kappa shape index (κ2) is 6.67. The summed E-state index contributed by atoms with van der Waals surface area (Å²) >= 11 is 3.24. The Labute approximate surface area is 145 Å². The molecule has 0 radical (unpaired) electrons. The number of hydrogen-bond donors (Lipinski definition) is 2. The number of carbonyl (C=O) groups is 1. The van der Waals surface area contributed by atoms with Gasteiger partial charge < -0.3 is 5.32 Å². The van der Waals surface area contributed by atoms with Crippen LogP contribution in [0.15, 0.2) is 8.68 Å². The number of hydrogen-bond acceptors (Lipinski definition) is 10. The van der Waals surface area contributed by atoms with Crippen LogP contribution in [-0.4, -0.2) is 41.0 Å². The van der Waals surface area contributed by atoms with Crippen molar-refractivity contribution in [1.29, 1.82) is 0 Å². The van der Waals surface area contributed by atoms with Gasteiger partial charge in [0.15, 0.2) is 4.34 Å². The number of sulfonamides is 1. The van der Waals surface area contributed by atoms with E-state index in [2.05, 4.69) is 30.4 Å². The maximum atomic E-state index is 12.2. The Bertz CT molecular complexity index is 807. The SMILES string of the molecule is CSc1nnc(NS(=O)(=O)c2nnc(NC(=O)C(C)(C)C)s2)s1. The molecule has 23 heavy (non-hydrogen) atoms. The molecule has 0 unspecified atom stereocenters. The Morgan fingerprint density at radius 3 is 2.30 bits per heavy atom. The fraction of sp³-hybridized carbons (Fsp3) is 0.500. The molecule has 0 spiro atoms. The lowest BCUT2D eigenvalue weighted by Crippen LogP contribution is -2.27. The van der Waals surface area contributed by atoms with Gasteiger partial charge in [-0.15, -0.1) is 20.4 Å². The van der Waals surface area contributed by atoms with Gasteiger partial charge in [0, 0.05) is 5.41 Å². The zero-order chi connectivity index (χ0) is 17.3. The van der Waals surface area contributed by atoms with E-state index < -0.39 is 15.4 Å². The Hall–Kier alpha value is -1.31. The smallest absolute Gasteiger partial charge is 0.293 e. The zero-order valence-electron chi connectivity index (χ0n) is 12.6. The van der Waals surface area contributed by atoms with E-state index in [1.165, 1.54) is 11.8 Å². The van der Waals surface area contributed by atoms with E-state index in [1.54, 1.807) is 20.8 Å². The summed E-state index contributed by atoms with van der Waals surface area (Å²) in [6.45, 7) is 5.21. The maximum absolute atomic E-state index is 12.2. The molecule has 2 aromatic heterocycles. The van der Waals surface area contributed by atoms with Crippen molar-refractivity contribution in [3.05, 3.63) is 0 Å². The van der Waals surface area contributed by atoms with Gasteiger partial charge in [-0.05, 0) is 6.26 Å². The van der Waals surface area contributed by atoms with Gasteiger partial charge in [0.2, 0.25) is 16.2 Å². The summed E-state index contributed by atoms with van der Waals surface area (Å²) in [4.78, 5) is 11.9. The van der Waals surface area contributed by atoms with Crippen molar-refractivity contribution < 1.29 is 13.2 Å². The first-order valence-electron chi connectivity index (χ1n) is 6.17. The average molecular weight is 395 g/mol. The van der Waals surface area contributed by atoms with Gasteiger partial charge in [-0.3, -0.25) is 9.52 Å². The number of amides is 1. The normalized spacial score (nSPS) is 12.2. The molecule has 0 bridgehead atoms. The molecule has 9 nitrogen and oxygen atoms in total. The Balaban J connectivity index is 2.13. The van der Waals surface area contributed by atoms with Crippen molar-refractivity contribution in [2.75, 3.05) is 16.3 Å². The third kappa shape index (κ3) is 4.59. The van der Waals surface area contributed by atoms with E-state index >= 15 is 0 Å². The molecule has 2 aromatic rings. The Morgan fingerprint density at radius 1 is 1.09 bits per heavy atom. The van der Waals surface area contributed by atoms with Gasteiger partial charge in [0.05, 0.1) is 0 Å². The van der Waals surface area contributed by atoms with Crippen LogP contribution >= 0.6 is 34.4 Å². The fourth-order valence-corrected chi connectivity index (χ4v) is 4.44. The van der Waals surface area contributed by atoms with E-state index in [1.807, 2.05) is 6.26 Å². The summed E-state index contributed by atoms with van der Waals surface area (Å²) in [5.41, 5.74) is -0.621. The third-order valence-corrected chi connectivity index (χ3v) is 6.83. The molecule has 0 fully saturated rings. The van der Waals surface area contributed by atoms with E-state index in [-0.39, 0.29) is 20.5 Å². The summed E-state index contributed by atoms with van der Waals surface area (Å²) in [5.74, 6) is -0.278. The second-order valence-electron chi connectivity index (χ2n) is 5.26. The number of carbonyl (C=O) groups excluding carboxylic acids is 1. The molecule has 0 aliphatic rings. The molecule has 0 aromatic carbocycles. The van der Waals surface area contributed by atoms with Crippen LogP contribution in [0.5, 0.6) is 0 Å². The largest absolute Gasteiger partial charge is 0.300 e. The zero-order valence-corrected chi connectivity index (χ0v) is 15.9. The van der Waals surface area contributed by atoms with Crippen LogP contribution in [0.25, 0.3) is 0 Å². The molecule has 2 rings (SSSR count). The molecule has 0 aliphatic carbocycles. The highest BCUT2D eigenvalue weighted by molar-refractivity contribution is 8.00. The minimum absolute atomic E-state index is 0.118. The average Bonchev–Trinajstić information content (AvgIpc) is 3.06. The van der Waals surface area contributed by atoms with Crippen LogP contribution in [0.4, 0.5) is 10.3 Å². The standard InChI is InChI=1S/C10H14N6O3S4/c1-10(2,3)5(17)11-6-12-15-9(22-6)23(18,19)16-7-13-14-8(20-4)21-7/h1-4H3,(H,13,16)(H,11,12,17). The molecule has 0 saturated carbocycles. The van der Waals surface area contributed by atoms with E-state index in [0.29, 0.717) is 4.34 Å². The summed E-state index contributed by atoms with van der Waals surface area (Å²) in [6, 6.07) is 0. The molecule has 1 amide bonds. The minimum atomic E-state index is -3.92. The first-order chi connectivity index (χ1) is 10.6. The topological polar surface area (TPSA) is 127 Å². The Morgan fingerprint density at radius 2 is 1.74 bits per heavy atom. The van der Waals surface area contributed by atoms with Gasteiger partial charge >= 0.3 is 0 Å². The van der Waals surface area contributed by atoms with E-state index in [9.17, 15) is 13.2 Å². The molecular weight excluding hydrogens is 380 g/mol. The van der Waals surface area contributed by atoms with Crippen LogP contribution < -0.4 is 10.0 Å². The summed E-state index contributed by atoms with van der Waals surface area (Å²) in [5, 5.41) is 17.6. The monoisotopic (exact) mass is 394 g/mol. The highest BCUT2D eigenvalue weighted by Crippen LogP contribution is 2.27. The first kappa shape index (κ1) is 18.0. The van der Waals surface area contributed by atoms with Crippen LogP contribution in [0.1, 0.15) is 20.8 Å². The van der Waals surface area contributed by atoms with Crippen molar-refractivity contribution in [2.24, 2.45) is 5.41 Å². The summed E-state index contributed by atoms with van der Waals surface area (Å²) in [6.07, 6.45) is 1.81. The minimum Gasteiger partial charge on any atom is -0.300 e. The molecule has 126 valence electrons. The van der Waals surface area contributed by atoms with Crippen molar-refractivity contribution in [2.45, 2.75) is 29.5 Å². The molecule has 2 N–H and O–H groups in total. The van der Waals surface area contributed by atoms with Gasteiger partial charge in [-0.1, -0.05) is 55.2 Å². The molecular formula is C10H14N6O3S4. The van der Waals surface area contributed by atoms with Crippen LogP contribution in [0.2, 0.25) is 0 Å². The molecule has 13 heteroatoms. The van der Waals surface area contributed by atoms with Crippen molar-refractivity contribution in [1.82, 2.24) is 20.4 Å². The van der Waals surface area contributed by atoms with Crippen molar-refractivity contribution in [3.63, 3.8) is 0 Å². The number of thioether (sulfide) groups is 1. The predicted molar refractivity (Wildman–Crippen MR) is 90.5 cm³/mol. The van der Waals surface area contributed by atoms with Gasteiger partial charge in [0.1, 0.15) is 0 Å². The second-order valence-corrected chi connectivity index (χ2v) is 10.1. The maximum Gasteiger partial charge on any atom is 0.293 e. The molecule has 0 aliphatic heterocycles. The lowest BCUT2D eigenvalue weighted by Gasteiger charge is -2.15. The van der Waals surface area contributed by atoms with E-state index in [4.69, 9.17) is 0 Å². The lowest BCUT2D eigenvalue weighted by atomic mass is 9.96. The molecule has 2 heterocycles. The number of nitrogens with zero attached hydrogens (tertiary/aromatic N) is 4. The lowest BCUT2D eigenvalue weighted by molar-refractivity contribution is -0.123. The van der Waals surface area contributed by atoms with E-state index in [0.717, 1.165) is 22.7 Å². The van der Waals surface area contributed by atoms with Gasteiger partial charge in [0.25, 0.3) is 14.4 Å². The van der Waals surface area contributed by atoms with Crippen molar-refractivity contribution in [3.8, 4) is 0 Å². The van der Waals surface area contributed by atoms with Crippen LogP contribution in [0, 0.1) is 5.41 Å². The predicted octanol–water partition coefficient (Wildman–Crippen LogP) is 1.90. The number of aromatic nitrogens is 4. The number of rotatable bonds is 5. The Kier molecular flexibility index (Phi) is 5.23. The van der Waals surface area contributed by atoms with Gasteiger partial charge in [-0.25, -0.2) is 0 Å². The van der Waals surface area contributed by atoms with Gasteiger partial charge in [-0.2, -0.15) is 8.42 Å². The highest BCUT2D eigenvalue weighted by atomic mass is 32.2. The summed E-state index contributed by atoms with van der Waals surface area (Å²) < 4.78 is 27.1. The number of nitrogens with one attached hydrogen (secondary N) is 2. The molecule has 0 saturated heterocycles. The number of anilines is 2. The molecule has 0 atom stereocenters. The summed E-state index contributed by atoms with van der Waals surface area (Å²) in [7, 11) is -3.92. The quantitative estimate of drug-likeness (QED) is 0.581. The third-order valence-electron chi connectivity index (χ3n) is 2.34. The fourth-order valence-electron chi connectivity index (χ4n) is 1.15.